The summed E-state index contributed by atoms with van der Waals surface area (Å²) in [5, 5.41) is 11.1. The number of para-hydroxylation sites is 2. The van der Waals surface area contributed by atoms with Crippen LogP contribution in [-0.2, 0) is 17.8 Å². The standard InChI is InChI=1S/C22H26N4O3/c1-3-22-23-19-6-4-5-7-21(19)25(22)17-10-12-24(13-11-17)20-9-8-18(26(27)28)14-16(20)15-29-2/h4-9,14,17H,3,10-13,15H2,1-2H3. The van der Waals surface area contributed by atoms with E-state index in [0.29, 0.717) is 12.6 Å². The summed E-state index contributed by atoms with van der Waals surface area (Å²) in [6, 6.07) is 13.8. The summed E-state index contributed by atoms with van der Waals surface area (Å²) in [6.07, 6.45) is 2.93. The molecule has 0 atom stereocenters. The van der Waals surface area contributed by atoms with Gasteiger partial charge in [-0.25, -0.2) is 4.98 Å². The molecule has 152 valence electrons. The van der Waals surface area contributed by atoms with Crippen molar-refractivity contribution in [1.82, 2.24) is 9.55 Å². The molecule has 0 bridgehead atoms. The lowest BCUT2D eigenvalue weighted by atomic mass is 10.0. The van der Waals surface area contributed by atoms with E-state index in [1.54, 1.807) is 19.2 Å². The molecule has 29 heavy (non-hydrogen) atoms. The van der Waals surface area contributed by atoms with Crippen LogP contribution in [0.5, 0.6) is 0 Å². The van der Waals surface area contributed by atoms with Gasteiger partial charge in [-0.2, -0.15) is 0 Å². The molecule has 1 fully saturated rings. The van der Waals surface area contributed by atoms with Gasteiger partial charge in [0.25, 0.3) is 5.69 Å². The maximum absolute atomic E-state index is 11.1. The van der Waals surface area contributed by atoms with E-state index >= 15 is 0 Å². The first kappa shape index (κ1) is 19.4. The Hall–Kier alpha value is -2.93. The zero-order valence-electron chi connectivity index (χ0n) is 16.9. The number of anilines is 1. The molecule has 3 aromatic rings. The van der Waals surface area contributed by atoms with Gasteiger partial charge in [-0.05, 0) is 31.0 Å². The number of benzene rings is 2. The molecule has 0 aliphatic carbocycles. The molecule has 4 rings (SSSR count). The number of methoxy groups -OCH3 is 1. The van der Waals surface area contributed by atoms with E-state index in [1.165, 1.54) is 5.52 Å². The van der Waals surface area contributed by atoms with E-state index in [1.807, 2.05) is 12.1 Å². The summed E-state index contributed by atoms with van der Waals surface area (Å²) in [5.41, 5.74) is 4.26. The molecular formula is C22H26N4O3. The first-order chi connectivity index (χ1) is 14.1. The SMILES string of the molecule is CCc1nc2ccccc2n1C1CCN(c2ccc([N+](=O)[O-])cc2COC)CC1. The Morgan fingerprint density at radius 3 is 2.66 bits per heavy atom. The van der Waals surface area contributed by atoms with Crippen molar-refractivity contribution in [2.24, 2.45) is 0 Å². The highest BCUT2D eigenvalue weighted by molar-refractivity contribution is 5.76. The number of rotatable bonds is 6. The van der Waals surface area contributed by atoms with Crippen molar-refractivity contribution in [2.45, 2.75) is 38.8 Å². The number of piperidine rings is 1. The predicted molar refractivity (Wildman–Crippen MR) is 113 cm³/mol. The Morgan fingerprint density at radius 2 is 1.97 bits per heavy atom. The maximum atomic E-state index is 11.1. The van der Waals surface area contributed by atoms with Gasteiger partial charge in [0.1, 0.15) is 5.82 Å². The lowest BCUT2D eigenvalue weighted by Crippen LogP contribution is -2.35. The summed E-state index contributed by atoms with van der Waals surface area (Å²) in [5.74, 6) is 1.14. The van der Waals surface area contributed by atoms with Crippen molar-refractivity contribution in [1.29, 1.82) is 0 Å². The zero-order chi connectivity index (χ0) is 20.4. The molecular weight excluding hydrogens is 368 g/mol. The molecule has 1 saturated heterocycles. The number of fused-ring (bicyclic) bond motifs is 1. The number of nitro benzene ring substituents is 1. The fourth-order valence-electron chi connectivity index (χ4n) is 4.38. The molecule has 2 aromatic carbocycles. The molecule has 7 nitrogen and oxygen atoms in total. The molecule has 2 heterocycles. The third-order valence-electron chi connectivity index (χ3n) is 5.73. The largest absolute Gasteiger partial charge is 0.380 e. The van der Waals surface area contributed by atoms with Crippen LogP contribution in [0.2, 0.25) is 0 Å². The van der Waals surface area contributed by atoms with Gasteiger partial charge in [0, 0.05) is 56.0 Å². The predicted octanol–water partition coefficient (Wildman–Crippen LogP) is 4.49. The minimum absolute atomic E-state index is 0.105. The Labute approximate surface area is 170 Å². The van der Waals surface area contributed by atoms with Crippen molar-refractivity contribution in [3.63, 3.8) is 0 Å². The smallest absolute Gasteiger partial charge is 0.269 e. The monoisotopic (exact) mass is 394 g/mol. The van der Waals surface area contributed by atoms with E-state index in [2.05, 4.69) is 34.6 Å². The van der Waals surface area contributed by atoms with Crippen molar-refractivity contribution in [2.75, 3.05) is 25.1 Å². The molecule has 0 radical (unpaired) electrons. The average Bonchev–Trinajstić information content (AvgIpc) is 3.13. The van der Waals surface area contributed by atoms with E-state index in [9.17, 15) is 10.1 Å². The minimum atomic E-state index is -0.356. The van der Waals surface area contributed by atoms with Crippen molar-refractivity contribution in [3.05, 3.63) is 64.0 Å². The van der Waals surface area contributed by atoms with Crippen molar-refractivity contribution >= 4 is 22.4 Å². The number of non-ortho nitro benzene ring substituents is 1. The van der Waals surface area contributed by atoms with Gasteiger partial charge in [0.05, 0.1) is 22.6 Å². The maximum Gasteiger partial charge on any atom is 0.269 e. The third-order valence-corrected chi connectivity index (χ3v) is 5.73. The number of hydrogen-bond donors (Lipinski definition) is 0. The highest BCUT2D eigenvalue weighted by Crippen LogP contribution is 2.33. The quantitative estimate of drug-likeness (QED) is 0.455. The van der Waals surface area contributed by atoms with Crippen LogP contribution >= 0.6 is 0 Å². The van der Waals surface area contributed by atoms with Gasteiger partial charge < -0.3 is 14.2 Å². The van der Waals surface area contributed by atoms with Crippen LogP contribution < -0.4 is 4.90 Å². The molecule has 7 heteroatoms. The van der Waals surface area contributed by atoms with E-state index in [-0.39, 0.29) is 10.6 Å². The fourth-order valence-corrected chi connectivity index (χ4v) is 4.38. The normalized spacial score (nSPS) is 15.2. The van der Waals surface area contributed by atoms with E-state index in [0.717, 1.165) is 54.9 Å². The van der Waals surface area contributed by atoms with Gasteiger partial charge in [-0.3, -0.25) is 10.1 Å². The van der Waals surface area contributed by atoms with Crippen LogP contribution in [0.3, 0.4) is 0 Å². The zero-order valence-corrected chi connectivity index (χ0v) is 16.9. The lowest BCUT2D eigenvalue weighted by molar-refractivity contribution is -0.384. The Balaban J connectivity index is 1.57. The molecule has 1 aliphatic rings. The Bertz CT molecular complexity index is 1020. The molecule has 0 unspecified atom stereocenters. The second kappa shape index (κ2) is 8.21. The van der Waals surface area contributed by atoms with Gasteiger partial charge in [-0.1, -0.05) is 19.1 Å². The number of aryl methyl sites for hydroxylation is 1. The summed E-state index contributed by atoms with van der Waals surface area (Å²) < 4.78 is 7.71. The van der Waals surface area contributed by atoms with Crippen LogP contribution in [0.15, 0.2) is 42.5 Å². The highest BCUT2D eigenvalue weighted by Gasteiger charge is 2.25. The van der Waals surface area contributed by atoms with Crippen LogP contribution in [0.4, 0.5) is 11.4 Å². The molecule has 0 amide bonds. The first-order valence-electron chi connectivity index (χ1n) is 10.1. The molecule has 0 N–H and O–H groups in total. The van der Waals surface area contributed by atoms with E-state index < -0.39 is 0 Å². The molecule has 0 saturated carbocycles. The number of nitrogens with zero attached hydrogens (tertiary/aromatic N) is 4. The number of ether oxygens (including phenoxy) is 1. The first-order valence-corrected chi connectivity index (χ1v) is 10.1. The van der Waals surface area contributed by atoms with Crippen LogP contribution in [0.1, 0.15) is 37.2 Å². The number of imidazole rings is 1. The Morgan fingerprint density at radius 1 is 1.21 bits per heavy atom. The summed E-state index contributed by atoms with van der Waals surface area (Å²) >= 11 is 0. The fraction of sp³-hybridized carbons (Fsp3) is 0.409. The second-order valence-electron chi connectivity index (χ2n) is 7.46. The van der Waals surface area contributed by atoms with Crippen molar-refractivity contribution < 1.29 is 9.66 Å². The van der Waals surface area contributed by atoms with E-state index in [4.69, 9.17) is 9.72 Å². The summed E-state index contributed by atoms with van der Waals surface area (Å²) in [7, 11) is 1.62. The molecule has 1 aliphatic heterocycles. The van der Waals surface area contributed by atoms with Crippen LogP contribution in [-0.4, -0.2) is 34.7 Å². The highest BCUT2D eigenvalue weighted by atomic mass is 16.6. The van der Waals surface area contributed by atoms with Gasteiger partial charge in [0.2, 0.25) is 0 Å². The minimum Gasteiger partial charge on any atom is -0.380 e. The molecule has 0 spiro atoms. The topological polar surface area (TPSA) is 73.4 Å². The number of nitro groups is 1. The second-order valence-corrected chi connectivity index (χ2v) is 7.46. The average molecular weight is 394 g/mol. The lowest BCUT2D eigenvalue weighted by Gasteiger charge is -2.36. The van der Waals surface area contributed by atoms with Crippen molar-refractivity contribution in [3.8, 4) is 0 Å². The summed E-state index contributed by atoms with van der Waals surface area (Å²) in [4.78, 5) is 17.9. The summed E-state index contributed by atoms with van der Waals surface area (Å²) in [6.45, 7) is 4.31. The van der Waals surface area contributed by atoms with Crippen LogP contribution in [0, 0.1) is 10.1 Å². The van der Waals surface area contributed by atoms with Crippen LogP contribution in [0.25, 0.3) is 11.0 Å². The van der Waals surface area contributed by atoms with Gasteiger partial charge >= 0.3 is 0 Å². The molecule has 1 aromatic heterocycles. The number of aromatic nitrogens is 2. The van der Waals surface area contributed by atoms with Gasteiger partial charge in [0.15, 0.2) is 0 Å². The Kier molecular flexibility index (Phi) is 5.49. The van der Waals surface area contributed by atoms with Gasteiger partial charge in [-0.15, -0.1) is 0 Å². The third kappa shape index (κ3) is 3.70. The number of hydrogen-bond acceptors (Lipinski definition) is 5.